The number of rotatable bonds is 4. The Balaban J connectivity index is 3.19. The van der Waals surface area contributed by atoms with Crippen LogP contribution in [0.15, 0.2) is 4.79 Å². The van der Waals surface area contributed by atoms with Crippen LogP contribution in [0.3, 0.4) is 0 Å². The second-order valence-corrected chi connectivity index (χ2v) is 11.5. The Morgan fingerprint density at radius 3 is 2.26 bits per heavy atom. The van der Waals surface area contributed by atoms with E-state index in [1.54, 1.807) is 0 Å². The van der Waals surface area contributed by atoms with E-state index < -0.39 is 8.24 Å². The lowest BCUT2D eigenvalue weighted by molar-refractivity contribution is 0.624. The SMILES string of the molecule is CCN(c1nc(NC(C)(C)C)[nH]c(=O)n1)[Si](C)(C)C. The van der Waals surface area contributed by atoms with E-state index >= 15 is 0 Å². The van der Waals surface area contributed by atoms with Crippen LogP contribution in [-0.4, -0.2) is 35.3 Å². The van der Waals surface area contributed by atoms with Crippen molar-refractivity contribution in [3.05, 3.63) is 10.5 Å². The summed E-state index contributed by atoms with van der Waals surface area (Å²) in [5.74, 6) is 0.983. The van der Waals surface area contributed by atoms with E-state index in [-0.39, 0.29) is 11.2 Å². The molecule has 0 bridgehead atoms. The van der Waals surface area contributed by atoms with E-state index in [9.17, 15) is 4.79 Å². The van der Waals surface area contributed by atoms with Crippen LogP contribution in [0.1, 0.15) is 27.7 Å². The number of aromatic amines is 1. The summed E-state index contributed by atoms with van der Waals surface area (Å²) < 4.78 is 2.13. The molecule has 0 spiro atoms. The minimum atomic E-state index is -1.60. The third-order valence-corrected chi connectivity index (χ3v) is 4.64. The minimum absolute atomic E-state index is 0.162. The van der Waals surface area contributed by atoms with Gasteiger partial charge in [-0.3, -0.25) is 4.98 Å². The standard InChI is InChI=1S/C12H25N5OSi/c1-8-17(19(5,6)7)10-13-9(14-11(18)15-10)16-12(2,3)4/h8H2,1-7H3,(H2,13,14,15,16,18). The summed E-state index contributed by atoms with van der Waals surface area (Å²) in [5, 5.41) is 3.17. The number of anilines is 2. The quantitative estimate of drug-likeness (QED) is 0.827. The molecule has 0 atom stereocenters. The zero-order valence-electron chi connectivity index (χ0n) is 13.0. The number of hydrogen-bond acceptors (Lipinski definition) is 5. The lowest BCUT2D eigenvalue weighted by Crippen LogP contribution is -2.48. The fourth-order valence-electron chi connectivity index (χ4n) is 1.82. The van der Waals surface area contributed by atoms with E-state index in [0.29, 0.717) is 11.9 Å². The highest BCUT2D eigenvalue weighted by Crippen LogP contribution is 2.17. The molecule has 0 unspecified atom stereocenters. The first-order chi connectivity index (χ1) is 8.53. The number of nitrogens with zero attached hydrogens (tertiary/aromatic N) is 3. The van der Waals surface area contributed by atoms with Gasteiger partial charge in [-0.15, -0.1) is 0 Å². The second kappa shape index (κ2) is 5.32. The molecule has 1 aromatic rings. The molecule has 7 heteroatoms. The summed E-state index contributed by atoms with van der Waals surface area (Å²) in [4.78, 5) is 22.8. The maximum atomic E-state index is 11.7. The Labute approximate surface area is 115 Å². The summed E-state index contributed by atoms with van der Waals surface area (Å²) >= 11 is 0. The van der Waals surface area contributed by atoms with Crippen molar-refractivity contribution in [2.24, 2.45) is 0 Å². The number of hydrogen-bond donors (Lipinski definition) is 2. The largest absolute Gasteiger partial charge is 0.368 e. The first-order valence-corrected chi connectivity index (χ1v) is 10.0. The first kappa shape index (κ1) is 15.7. The summed E-state index contributed by atoms with van der Waals surface area (Å²) in [6.07, 6.45) is 0. The highest BCUT2D eigenvalue weighted by molar-refractivity contribution is 6.79. The van der Waals surface area contributed by atoms with Gasteiger partial charge in [-0.25, -0.2) is 4.79 Å². The second-order valence-electron chi connectivity index (χ2n) is 6.59. The zero-order valence-corrected chi connectivity index (χ0v) is 14.0. The molecule has 0 saturated heterocycles. The van der Waals surface area contributed by atoms with E-state index in [2.05, 4.69) is 51.4 Å². The number of H-pyrrole nitrogens is 1. The Kier molecular flexibility index (Phi) is 4.39. The van der Waals surface area contributed by atoms with Crippen LogP contribution in [0.25, 0.3) is 0 Å². The molecule has 0 aliphatic rings. The van der Waals surface area contributed by atoms with Crippen molar-refractivity contribution >= 4 is 20.1 Å². The van der Waals surface area contributed by atoms with Crippen molar-refractivity contribution in [3.8, 4) is 0 Å². The molecule has 0 saturated carbocycles. The van der Waals surface area contributed by atoms with Gasteiger partial charge in [0.25, 0.3) is 0 Å². The summed E-state index contributed by atoms with van der Waals surface area (Å²) in [5.41, 5.74) is -0.529. The van der Waals surface area contributed by atoms with Crippen LogP contribution in [-0.2, 0) is 0 Å². The van der Waals surface area contributed by atoms with Gasteiger partial charge in [0.2, 0.25) is 11.9 Å². The van der Waals surface area contributed by atoms with Gasteiger partial charge in [0.05, 0.1) is 0 Å². The van der Waals surface area contributed by atoms with E-state index in [1.807, 2.05) is 20.8 Å². The van der Waals surface area contributed by atoms with Gasteiger partial charge < -0.3 is 9.88 Å². The van der Waals surface area contributed by atoms with E-state index in [0.717, 1.165) is 6.54 Å². The molecule has 2 N–H and O–H groups in total. The molecule has 0 aliphatic carbocycles. The van der Waals surface area contributed by atoms with Crippen LogP contribution >= 0.6 is 0 Å². The monoisotopic (exact) mass is 283 g/mol. The van der Waals surface area contributed by atoms with Crippen LogP contribution in [0.4, 0.5) is 11.9 Å². The van der Waals surface area contributed by atoms with Crippen LogP contribution in [0.5, 0.6) is 0 Å². The average Bonchev–Trinajstić information content (AvgIpc) is 2.11. The molecule has 0 aliphatic heterocycles. The molecular formula is C12H25N5OSi. The van der Waals surface area contributed by atoms with Gasteiger partial charge in [0, 0.05) is 12.1 Å². The zero-order chi connectivity index (χ0) is 14.8. The maximum absolute atomic E-state index is 11.7. The molecule has 0 radical (unpaired) electrons. The molecule has 0 fully saturated rings. The Morgan fingerprint density at radius 1 is 1.26 bits per heavy atom. The van der Waals surface area contributed by atoms with Crippen LogP contribution < -0.4 is 15.6 Å². The topological polar surface area (TPSA) is 73.9 Å². The predicted molar refractivity (Wildman–Crippen MR) is 82.4 cm³/mol. The molecule has 1 aromatic heterocycles. The van der Waals surface area contributed by atoms with Gasteiger partial charge in [-0.05, 0) is 27.7 Å². The van der Waals surface area contributed by atoms with Gasteiger partial charge >= 0.3 is 5.69 Å². The van der Waals surface area contributed by atoms with E-state index in [4.69, 9.17) is 0 Å². The Hall–Kier alpha value is -1.37. The van der Waals surface area contributed by atoms with Crippen molar-refractivity contribution in [2.45, 2.75) is 52.9 Å². The maximum Gasteiger partial charge on any atom is 0.350 e. The van der Waals surface area contributed by atoms with Gasteiger partial charge in [-0.1, -0.05) is 19.6 Å². The molecule has 0 aromatic carbocycles. The summed E-state index contributed by atoms with van der Waals surface area (Å²) in [6, 6.07) is 0. The third-order valence-electron chi connectivity index (χ3n) is 2.50. The smallest absolute Gasteiger partial charge is 0.350 e. The van der Waals surface area contributed by atoms with Crippen LogP contribution in [0.2, 0.25) is 19.6 Å². The Bertz CT molecular complexity index is 486. The van der Waals surface area contributed by atoms with Crippen LogP contribution in [0, 0.1) is 0 Å². The lowest BCUT2D eigenvalue weighted by atomic mass is 10.1. The van der Waals surface area contributed by atoms with Crippen molar-refractivity contribution in [1.82, 2.24) is 15.0 Å². The molecular weight excluding hydrogens is 258 g/mol. The molecule has 6 nitrogen and oxygen atoms in total. The summed E-state index contributed by atoms with van der Waals surface area (Å²) in [7, 11) is -1.60. The summed E-state index contributed by atoms with van der Waals surface area (Å²) in [6.45, 7) is 15.5. The normalized spacial score (nSPS) is 12.4. The predicted octanol–water partition coefficient (Wildman–Crippen LogP) is 2.04. The van der Waals surface area contributed by atoms with Gasteiger partial charge in [0.1, 0.15) is 0 Å². The van der Waals surface area contributed by atoms with Crippen molar-refractivity contribution in [2.75, 3.05) is 16.4 Å². The average molecular weight is 283 g/mol. The minimum Gasteiger partial charge on any atom is -0.368 e. The third kappa shape index (κ3) is 4.66. The molecule has 19 heavy (non-hydrogen) atoms. The van der Waals surface area contributed by atoms with Crippen molar-refractivity contribution < 1.29 is 0 Å². The van der Waals surface area contributed by atoms with Gasteiger partial charge in [-0.2, -0.15) is 9.97 Å². The lowest BCUT2D eigenvalue weighted by Gasteiger charge is -2.33. The number of aromatic nitrogens is 3. The van der Waals surface area contributed by atoms with Crippen molar-refractivity contribution in [3.63, 3.8) is 0 Å². The number of nitrogens with one attached hydrogen (secondary N) is 2. The first-order valence-electron chi connectivity index (χ1n) is 6.57. The highest BCUT2D eigenvalue weighted by atomic mass is 28.3. The Morgan fingerprint density at radius 2 is 1.84 bits per heavy atom. The molecule has 108 valence electrons. The van der Waals surface area contributed by atoms with Gasteiger partial charge in [0.15, 0.2) is 8.24 Å². The van der Waals surface area contributed by atoms with E-state index in [1.165, 1.54) is 0 Å². The van der Waals surface area contributed by atoms with Crippen molar-refractivity contribution in [1.29, 1.82) is 0 Å². The highest BCUT2D eigenvalue weighted by Gasteiger charge is 2.26. The molecule has 0 amide bonds. The molecule has 1 rings (SSSR count). The molecule has 1 heterocycles. The fourth-order valence-corrected chi connectivity index (χ4v) is 3.47. The fraction of sp³-hybridized carbons (Fsp3) is 0.750.